The van der Waals surface area contributed by atoms with Gasteiger partial charge in [0.1, 0.15) is 0 Å². The topological polar surface area (TPSA) is 24.9 Å². The van der Waals surface area contributed by atoms with Crippen molar-refractivity contribution in [2.24, 2.45) is 0 Å². The molecule has 0 spiro atoms. The average Bonchev–Trinajstić information content (AvgIpc) is 2.57. The van der Waals surface area contributed by atoms with Crippen LogP contribution in [0, 0.1) is 0 Å². The molecule has 0 atom stereocenters. The monoisotopic (exact) mass is 236 g/mol. The Morgan fingerprint density at radius 1 is 1.44 bits per heavy atom. The minimum absolute atomic E-state index is 0.382. The summed E-state index contributed by atoms with van der Waals surface area (Å²) in [6, 6.07) is 0. The first kappa shape index (κ1) is 10.7. The maximum atomic E-state index is 4.92. The minimum atomic E-state index is 0.382. The lowest BCUT2D eigenvalue weighted by molar-refractivity contribution is 0.232. The Morgan fingerprint density at radius 3 is 2.75 bits per heavy atom. The highest BCUT2D eigenvalue weighted by atomic mass is 32.1. The van der Waals surface area contributed by atoms with E-state index in [1.54, 1.807) is 0 Å². The molecule has 2 saturated carbocycles. The Balaban J connectivity index is 1.79. The second kappa shape index (κ2) is 4.11. The zero-order chi connectivity index (χ0) is 11.0. The normalized spacial score (nSPS) is 23.8. The number of thiazole rings is 1. The van der Waals surface area contributed by atoms with Crippen LogP contribution in [0.2, 0.25) is 0 Å². The maximum absolute atomic E-state index is 4.92. The third kappa shape index (κ3) is 1.61. The lowest BCUT2D eigenvalue weighted by Crippen LogP contribution is -2.43. The van der Waals surface area contributed by atoms with Gasteiger partial charge >= 0.3 is 0 Å². The second-order valence-corrected chi connectivity index (χ2v) is 6.25. The number of hydrogen-bond acceptors (Lipinski definition) is 3. The van der Waals surface area contributed by atoms with Gasteiger partial charge < -0.3 is 5.32 Å². The third-order valence-corrected chi connectivity index (χ3v) is 5.35. The van der Waals surface area contributed by atoms with Crippen molar-refractivity contribution in [3.05, 3.63) is 16.1 Å². The van der Waals surface area contributed by atoms with Crippen molar-refractivity contribution in [2.75, 3.05) is 13.6 Å². The Bertz CT molecular complexity index is 364. The molecule has 2 fully saturated rings. The van der Waals surface area contributed by atoms with Crippen LogP contribution in [0.15, 0.2) is 5.38 Å². The molecule has 88 valence electrons. The van der Waals surface area contributed by atoms with E-state index in [-0.39, 0.29) is 0 Å². The van der Waals surface area contributed by atoms with Gasteiger partial charge in [0.2, 0.25) is 0 Å². The van der Waals surface area contributed by atoms with Crippen LogP contribution >= 0.6 is 11.3 Å². The van der Waals surface area contributed by atoms with Gasteiger partial charge in [0.05, 0.1) is 10.7 Å². The summed E-state index contributed by atoms with van der Waals surface area (Å²) in [6.45, 7) is 1.10. The molecule has 2 aliphatic rings. The van der Waals surface area contributed by atoms with Crippen molar-refractivity contribution >= 4 is 11.3 Å². The van der Waals surface area contributed by atoms with Crippen molar-refractivity contribution in [3.8, 4) is 0 Å². The summed E-state index contributed by atoms with van der Waals surface area (Å²) in [5, 5.41) is 7.07. The predicted molar refractivity (Wildman–Crippen MR) is 68.2 cm³/mol. The van der Waals surface area contributed by atoms with Gasteiger partial charge in [-0.05, 0) is 32.7 Å². The third-order valence-electron chi connectivity index (χ3n) is 4.35. The van der Waals surface area contributed by atoms with Crippen molar-refractivity contribution in [2.45, 2.75) is 49.9 Å². The number of aromatic nitrogens is 1. The smallest absolute Gasteiger partial charge is 0.0959 e. The Hall–Kier alpha value is -0.410. The molecular formula is C13H20N2S. The van der Waals surface area contributed by atoms with Crippen LogP contribution in [0.5, 0.6) is 0 Å². The molecule has 1 aromatic rings. The fraction of sp³-hybridized carbons (Fsp3) is 0.769. The summed E-state index contributed by atoms with van der Waals surface area (Å²) in [7, 11) is 2.05. The van der Waals surface area contributed by atoms with Gasteiger partial charge in [0.15, 0.2) is 0 Å². The lowest BCUT2D eigenvalue weighted by atomic mass is 9.67. The summed E-state index contributed by atoms with van der Waals surface area (Å²) < 4.78 is 0. The fourth-order valence-electron chi connectivity index (χ4n) is 2.84. The van der Waals surface area contributed by atoms with Gasteiger partial charge in [0, 0.05) is 23.3 Å². The van der Waals surface area contributed by atoms with Crippen molar-refractivity contribution in [1.29, 1.82) is 0 Å². The Kier molecular flexibility index (Phi) is 2.76. The first-order valence-electron chi connectivity index (χ1n) is 6.45. The molecule has 0 unspecified atom stereocenters. The van der Waals surface area contributed by atoms with Crippen LogP contribution in [0.4, 0.5) is 0 Å². The molecule has 0 aromatic carbocycles. The van der Waals surface area contributed by atoms with Gasteiger partial charge in [-0.25, -0.2) is 4.98 Å². The Morgan fingerprint density at radius 2 is 2.25 bits per heavy atom. The molecule has 1 heterocycles. The zero-order valence-corrected chi connectivity index (χ0v) is 10.8. The highest BCUT2D eigenvalue weighted by molar-refractivity contribution is 7.09. The first-order chi connectivity index (χ1) is 7.84. The summed E-state index contributed by atoms with van der Waals surface area (Å²) in [4.78, 5) is 4.92. The summed E-state index contributed by atoms with van der Waals surface area (Å²) >= 11 is 1.90. The van der Waals surface area contributed by atoms with Gasteiger partial charge in [-0.2, -0.15) is 0 Å². The van der Waals surface area contributed by atoms with E-state index in [2.05, 4.69) is 17.7 Å². The molecule has 1 aromatic heterocycles. The van der Waals surface area contributed by atoms with Gasteiger partial charge in [-0.3, -0.25) is 0 Å². The summed E-state index contributed by atoms with van der Waals surface area (Å²) in [6.07, 6.45) is 8.15. The van der Waals surface area contributed by atoms with E-state index >= 15 is 0 Å². The quantitative estimate of drug-likeness (QED) is 0.869. The average molecular weight is 236 g/mol. The lowest BCUT2D eigenvalue weighted by Gasteiger charge is -2.40. The van der Waals surface area contributed by atoms with Crippen molar-refractivity contribution in [3.63, 3.8) is 0 Å². The molecule has 16 heavy (non-hydrogen) atoms. The van der Waals surface area contributed by atoms with E-state index in [9.17, 15) is 0 Å². The molecule has 1 N–H and O–H groups in total. The van der Waals surface area contributed by atoms with Crippen LogP contribution in [0.3, 0.4) is 0 Å². The van der Waals surface area contributed by atoms with E-state index in [4.69, 9.17) is 4.98 Å². The van der Waals surface area contributed by atoms with Gasteiger partial charge in [0.25, 0.3) is 0 Å². The fourth-order valence-corrected chi connectivity index (χ4v) is 3.95. The molecule has 0 amide bonds. The SMILES string of the molecule is CNCC1(c2csc(C3CCC3)n2)CCC1. The molecule has 2 aliphatic carbocycles. The van der Waals surface area contributed by atoms with Gasteiger partial charge in [-0.1, -0.05) is 12.8 Å². The highest BCUT2D eigenvalue weighted by Crippen LogP contribution is 2.45. The van der Waals surface area contributed by atoms with E-state index in [0.29, 0.717) is 5.41 Å². The number of nitrogens with one attached hydrogen (secondary N) is 1. The van der Waals surface area contributed by atoms with Crippen LogP contribution in [-0.4, -0.2) is 18.6 Å². The van der Waals surface area contributed by atoms with Crippen LogP contribution < -0.4 is 5.32 Å². The van der Waals surface area contributed by atoms with Crippen LogP contribution in [0.1, 0.15) is 55.1 Å². The predicted octanol–water partition coefficient (Wildman–Crippen LogP) is 3.05. The molecule has 0 aliphatic heterocycles. The van der Waals surface area contributed by atoms with Crippen molar-refractivity contribution in [1.82, 2.24) is 10.3 Å². The molecule has 0 radical (unpaired) electrons. The summed E-state index contributed by atoms with van der Waals surface area (Å²) in [5.74, 6) is 0.797. The summed E-state index contributed by atoms with van der Waals surface area (Å²) in [5.41, 5.74) is 1.76. The first-order valence-corrected chi connectivity index (χ1v) is 7.32. The number of rotatable bonds is 4. The van der Waals surface area contributed by atoms with E-state index in [0.717, 1.165) is 12.5 Å². The molecule has 0 bridgehead atoms. The standard InChI is InChI=1S/C13H20N2S/c1-14-9-13(6-3-7-13)11-8-16-12(15-11)10-4-2-5-10/h8,10,14H,2-7,9H2,1H3. The molecular weight excluding hydrogens is 216 g/mol. The number of nitrogens with zero attached hydrogens (tertiary/aromatic N) is 1. The van der Waals surface area contributed by atoms with Crippen LogP contribution in [0.25, 0.3) is 0 Å². The molecule has 3 rings (SSSR count). The highest BCUT2D eigenvalue weighted by Gasteiger charge is 2.40. The largest absolute Gasteiger partial charge is 0.319 e. The van der Waals surface area contributed by atoms with E-state index in [1.165, 1.54) is 49.2 Å². The molecule has 2 nitrogen and oxygen atoms in total. The van der Waals surface area contributed by atoms with E-state index in [1.807, 2.05) is 11.3 Å². The van der Waals surface area contributed by atoms with Crippen molar-refractivity contribution < 1.29 is 0 Å². The molecule has 0 saturated heterocycles. The van der Waals surface area contributed by atoms with E-state index < -0.39 is 0 Å². The van der Waals surface area contributed by atoms with Crippen LogP contribution in [-0.2, 0) is 5.41 Å². The zero-order valence-electron chi connectivity index (χ0n) is 9.96. The second-order valence-electron chi connectivity index (χ2n) is 5.36. The molecule has 3 heteroatoms. The minimum Gasteiger partial charge on any atom is -0.319 e. The number of hydrogen-bond donors (Lipinski definition) is 1. The maximum Gasteiger partial charge on any atom is 0.0959 e. The number of likely N-dealkylation sites (N-methyl/N-ethyl adjacent to an activating group) is 1. The Labute approximate surface area is 101 Å². The van der Waals surface area contributed by atoms with Gasteiger partial charge in [-0.15, -0.1) is 11.3 Å².